The lowest BCUT2D eigenvalue weighted by Crippen LogP contribution is -2.18. The van der Waals surface area contributed by atoms with Crippen LogP contribution in [0.3, 0.4) is 0 Å². The molecular weight excluding hydrogens is 483 g/mol. The number of hydrogen-bond donors (Lipinski definition) is 1. The van der Waals surface area contributed by atoms with Crippen molar-refractivity contribution >= 4 is 23.5 Å². The summed E-state index contributed by atoms with van der Waals surface area (Å²) in [5.41, 5.74) is 3.65. The molecule has 9 nitrogen and oxygen atoms in total. The van der Waals surface area contributed by atoms with Crippen molar-refractivity contribution in [2.45, 2.75) is 31.9 Å². The van der Waals surface area contributed by atoms with E-state index in [-0.39, 0.29) is 24.0 Å². The summed E-state index contributed by atoms with van der Waals surface area (Å²) in [6, 6.07) is 12.9. The maximum Gasteiger partial charge on any atom is 0.573 e. The fraction of sp³-hybridized carbons (Fsp3) is 0.227. The standard InChI is InChI=1S/C22H20F3N7O2S/c1-14-4-3-5-18(15(14)2)32-21(28-29-30-32)35-13-20(33)27-19-10-11-26-31(19)12-16-6-8-17(9-7-16)34-22(23,24)25/h3-11H,12-13H2,1-2H3,(H,27,33). The van der Waals surface area contributed by atoms with E-state index < -0.39 is 6.36 Å². The molecule has 1 N–H and O–H groups in total. The van der Waals surface area contributed by atoms with Gasteiger partial charge in [-0.1, -0.05) is 36.0 Å². The summed E-state index contributed by atoms with van der Waals surface area (Å²) in [5.74, 6) is -0.100. The summed E-state index contributed by atoms with van der Waals surface area (Å²) in [7, 11) is 0. The Balaban J connectivity index is 1.37. The number of carbonyl (C=O) groups is 1. The Hall–Kier alpha value is -3.87. The molecule has 0 fully saturated rings. The average Bonchev–Trinajstić information content (AvgIpc) is 3.44. The van der Waals surface area contributed by atoms with E-state index in [4.69, 9.17) is 0 Å². The summed E-state index contributed by atoms with van der Waals surface area (Å²) in [5, 5.41) is 19.2. The summed E-state index contributed by atoms with van der Waals surface area (Å²) in [6.45, 7) is 4.22. The number of thioether (sulfide) groups is 1. The quantitative estimate of drug-likeness (QED) is 0.361. The molecule has 4 rings (SSSR count). The van der Waals surface area contributed by atoms with Crippen LogP contribution in [-0.2, 0) is 11.3 Å². The number of carbonyl (C=O) groups excluding carboxylic acids is 1. The number of nitrogens with one attached hydrogen (secondary N) is 1. The number of hydrogen-bond acceptors (Lipinski definition) is 7. The summed E-state index contributed by atoms with van der Waals surface area (Å²) in [4.78, 5) is 12.6. The van der Waals surface area contributed by atoms with E-state index in [9.17, 15) is 18.0 Å². The number of alkyl halides is 3. The number of anilines is 1. The van der Waals surface area contributed by atoms with Crippen LogP contribution < -0.4 is 10.1 Å². The first-order valence-electron chi connectivity index (χ1n) is 10.3. The minimum Gasteiger partial charge on any atom is -0.406 e. The monoisotopic (exact) mass is 503 g/mol. The van der Waals surface area contributed by atoms with Crippen LogP contribution in [0.1, 0.15) is 16.7 Å². The van der Waals surface area contributed by atoms with Crippen LogP contribution in [0.5, 0.6) is 5.75 Å². The average molecular weight is 504 g/mol. The maximum absolute atomic E-state index is 12.6. The van der Waals surface area contributed by atoms with Gasteiger partial charge < -0.3 is 10.1 Å². The molecule has 0 aliphatic heterocycles. The lowest BCUT2D eigenvalue weighted by molar-refractivity contribution is -0.274. The molecule has 13 heteroatoms. The van der Waals surface area contributed by atoms with E-state index in [1.54, 1.807) is 10.7 Å². The summed E-state index contributed by atoms with van der Waals surface area (Å²) >= 11 is 1.19. The predicted octanol–water partition coefficient (Wildman–Crippen LogP) is 4.15. The van der Waals surface area contributed by atoms with Crippen LogP contribution in [-0.4, -0.2) is 48.0 Å². The normalized spacial score (nSPS) is 11.5. The third kappa shape index (κ3) is 6.18. The van der Waals surface area contributed by atoms with Crippen molar-refractivity contribution in [1.29, 1.82) is 0 Å². The van der Waals surface area contributed by atoms with Gasteiger partial charge in [0.25, 0.3) is 0 Å². The second-order valence-corrected chi connectivity index (χ2v) is 8.44. The molecule has 2 aromatic heterocycles. The highest BCUT2D eigenvalue weighted by Crippen LogP contribution is 2.24. The molecule has 0 unspecified atom stereocenters. The van der Waals surface area contributed by atoms with Crippen molar-refractivity contribution in [3.8, 4) is 11.4 Å². The van der Waals surface area contributed by atoms with Crippen molar-refractivity contribution in [3.05, 3.63) is 71.4 Å². The number of aryl methyl sites for hydroxylation is 1. The molecule has 0 aliphatic carbocycles. The Kier molecular flexibility index (Phi) is 7.05. The van der Waals surface area contributed by atoms with E-state index in [0.29, 0.717) is 16.5 Å². The number of tetrazole rings is 1. The van der Waals surface area contributed by atoms with Gasteiger partial charge in [-0.25, -0.2) is 4.68 Å². The highest BCUT2D eigenvalue weighted by atomic mass is 32.2. The van der Waals surface area contributed by atoms with Crippen molar-refractivity contribution in [2.24, 2.45) is 0 Å². The topological polar surface area (TPSA) is 99.8 Å². The molecule has 0 bridgehead atoms. The number of rotatable bonds is 8. The van der Waals surface area contributed by atoms with Gasteiger partial charge in [-0.3, -0.25) is 4.79 Å². The second kappa shape index (κ2) is 10.2. The Labute approximate surface area is 202 Å². The molecule has 2 heterocycles. The zero-order valence-corrected chi connectivity index (χ0v) is 19.5. The molecular formula is C22H20F3N7O2S. The van der Waals surface area contributed by atoms with E-state index >= 15 is 0 Å². The molecule has 2 aromatic carbocycles. The van der Waals surface area contributed by atoms with Crippen LogP contribution >= 0.6 is 11.8 Å². The van der Waals surface area contributed by atoms with Gasteiger partial charge in [0, 0.05) is 6.07 Å². The number of nitrogens with zero attached hydrogens (tertiary/aromatic N) is 6. The van der Waals surface area contributed by atoms with Crippen molar-refractivity contribution in [3.63, 3.8) is 0 Å². The fourth-order valence-electron chi connectivity index (χ4n) is 3.23. The van der Waals surface area contributed by atoms with Crippen molar-refractivity contribution in [1.82, 2.24) is 30.0 Å². The van der Waals surface area contributed by atoms with E-state index in [1.165, 1.54) is 46.9 Å². The van der Waals surface area contributed by atoms with E-state index in [1.807, 2.05) is 32.0 Å². The first-order chi connectivity index (χ1) is 16.7. The third-order valence-electron chi connectivity index (χ3n) is 5.05. The molecule has 4 aromatic rings. The van der Waals surface area contributed by atoms with Gasteiger partial charge in [0.15, 0.2) is 0 Å². The zero-order valence-electron chi connectivity index (χ0n) is 18.7. The maximum atomic E-state index is 12.6. The second-order valence-electron chi connectivity index (χ2n) is 7.50. The lowest BCUT2D eigenvalue weighted by Gasteiger charge is -2.11. The smallest absolute Gasteiger partial charge is 0.406 e. The molecule has 0 spiro atoms. The molecule has 182 valence electrons. The van der Waals surface area contributed by atoms with Crippen molar-refractivity contribution < 1.29 is 22.7 Å². The van der Waals surface area contributed by atoms with E-state index in [0.717, 1.165) is 16.8 Å². The van der Waals surface area contributed by atoms with E-state index in [2.05, 4.69) is 30.7 Å². The van der Waals surface area contributed by atoms with Crippen molar-refractivity contribution in [2.75, 3.05) is 11.1 Å². The molecule has 35 heavy (non-hydrogen) atoms. The highest BCUT2D eigenvalue weighted by Gasteiger charge is 2.31. The SMILES string of the molecule is Cc1cccc(-n2nnnc2SCC(=O)Nc2ccnn2Cc2ccc(OC(F)(F)F)cc2)c1C. The number of ether oxygens (including phenoxy) is 1. The largest absolute Gasteiger partial charge is 0.573 e. The van der Waals surface area contributed by atoms with Gasteiger partial charge in [-0.05, 0) is 59.2 Å². The number of halogens is 3. The summed E-state index contributed by atoms with van der Waals surface area (Å²) < 4.78 is 44.0. The van der Waals surface area contributed by atoms with Crippen LogP contribution in [0, 0.1) is 13.8 Å². The Morgan fingerprint density at radius 1 is 1.11 bits per heavy atom. The molecule has 0 atom stereocenters. The van der Waals surface area contributed by atoms with Crippen LogP contribution in [0.15, 0.2) is 59.9 Å². The van der Waals surface area contributed by atoms with Gasteiger partial charge in [0.2, 0.25) is 11.1 Å². The molecule has 0 saturated heterocycles. The number of aromatic nitrogens is 6. The van der Waals surface area contributed by atoms with Crippen LogP contribution in [0.4, 0.5) is 19.0 Å². The fourth-order valence-corrected chi connectivity index (χ4v) is 3.91. The first-order valence-corrected chi connectivity index (χ1v) is 11.3. The van der Waals surface area contributed by atoms with Gasteiger partial charge in [0.1, 0.15) is 11.6 Å². The Morgan fingerprint density at radius 3 is 2.63 bits per heavy atom. The van der Waals surface area contributed by atoms with Gasteiger partial charge in [0.05, 0.1) is 24.2 Å². The van der Waals surface area contributed by atoms with Crippen LogP contribution in [0.25, 0.3) is 5.69 Å². The van der Waals surface area contributed by atoms with Gasteiger partial charge in [-0.2, -0.15) is 9.78 Å². The van der Waals surface area contributed by atoms with Gasteiger partial charge in [-0.15, -0.1) is 18.3 Å². The summed E-state index contributed by atoms with van der Waals surface area (Å²) in [6.07, 6.45) is -3.23. The minimum absolute atomic E-state index is 0.0555. The third-order valence-corrected chi connectivity index (χ3v) is 5.97. The Morgan fingerprint density at radius 2 is 1.89 bits per heavy atom. The number of amides is 1. The number of benzene rings is 2. The molecule has 0 saturated carbocycles. The predicted molar refractivity (Wildman–Crippen MR) is 122 cm³/mol. The molecule has 1 amide bonds. The van der Waals surface area contributed by atoms with Gasteiger partial charge >= 0.3 is 6.36 Å². The minimum atomic E-state index is -4.75. The molecule has 0 radical (unpaired) electrons. The lowest BCUT2D eigenvalue weighted by atomic mass is 10.1. The Bertz CT molecular complexity index is 1320. The molecule has 0 aliphatic rings. The zero-order chi connectivity index (χ0) is 25.0. The highest BCUT2D eigenvalue weighted by molar-refractivity contribution is 7.99. The first kappa shape index (κ1) is 24.3. The van der Waals surface area contributed by atoms with Crippen LogP contribution in [0.2, 0.25) is 0 Å².